The third-order valence-electron chi connectivity index (χ3n) is 2.41. The van der Waals surface area contributed by atoms with Crippen LogP contribution >= 0.6 is 15.9 Å². The van der Waals surface area contributed by atoms with Crippen LogP contribution in [0.5, 0.6) is 0 Å². The average Bonchev–Trinajstić information content (AvgIpc) is 2.72. The molecule has 2 aromatic rings. The van der Waals surface area contributed by atoms with Gasteiger partial charge in [0.1, 0.15) is 5.82 Å². The highest BCUT2D eigenvalue weighted by Crippen LogP contribution is 2.25. The number of aryl methyl sites for hydroxylation is 1. The number of rotatable bonds is 3. The monoisotopic (exact) mass is 326 g/mol. The first-order valence-electron chi connectivity index (χ1n) is 5.23. The second kappa shape index (κ2) is 5.31. The molecule has 0 unspecified atom stereocenters. The lowest BCUT2D eigenvalue weighted by Gasteiger charge is -1.96. The van der Waals surface area contributed by atoms with Gasteiger partial charge in [-0.1, -0.05) is 17.3 Å². The van der Waals surface area contributed by atoms with Gasteiger partial charge in [-0.2, -0.15) is 0 Å². The van der Waals surface area contributed by atoms with Crippen LogP contribution in [-0.2, 0) is 0 Å². The molecule has 0 saturated heterocycles. The van der Waals surface area contributed by atoms with Crippen LogP contribution in [0.2, 0.25) is 0 Å². The summed E-state index contributed by atoms with van der Waals surface area (Å²) in [7, 11) is 0. The minimum atomic E-state index is -0.550. The number of hydrogen-bond acceptors (Lipinski definition) is 4. The highest BCUT2D eigenvalue weighted by molar-refractivity contribution is 9.10. The summed E-state index contributed by atoms with van der Waals surface area (Å²) in [5.74, 6) is -0.318. The van der Waals surface area contributed by atoms with Gasteiger partial charge in [0.15, 0.2) is 5.69 Å². The Hall–Kier alpha value is -2.02. The summed E-state index contributed by atoms with van der Waals surface area (Å²) in [5, 5.41) is 14.4. The van der Waals surface area contributed by atoms with E-state index < -0.39 is 4.92 Å². The molecule has 1 aromatic heterocycles. The summed E-state index contributed by atoms with van der Waals surface area (Å²) < 4.78 is 18.2. The molecule has 7 heteroatoms. The lowest BCUT2D eigenvalue weighted by molar-refractivity contribution is -0.386. The zero-order chi connectivity index (χ0) is 14.0. The predicted molar refractivity (Wildman–Crippen MR) is 70.9 cm³/mol. The molecule has 0 atom stereocenters. The van der Waals surface area contributed by atoms with E-state index in [1.54, 1.807) is 18.2 Å². The molecular formula is C12H8BrFN2O3. The third kappa shape index (κ3) is 2.87. The van der Waals surface area contributed by atoms with Crippen molar-refractivity contribution < 1.29 is 13.8 Å². The van der Waals surface area contributed by atoms with E-state index in [-0.39, 0.29) is 23.0 Å². The zero-order valence-electron chi connectivity index (χ0n) is 9.76. The Morgan fingerprint density at radius 1 is 1.47 bits per heavy atom. The third-order valence-corrected chi connectivity index (χ3v) is 3.02. The molecule has 0 radical (unpaired) electrons. The molecule has 19 heavy (non-hydrogen) atoms. The molecule has 2 rings (SSSR count). The van der Waals surface area contributed by atoms with Gasteiger partial charge in [0, 0.05) is 0 Å². The topological polar surface area (TPSA) is 69.2 Å². The molecular weight excluding hydrogens is 319 g/mol. The fraction of sp³-hybridized carbons (Fsp3) is 0.0833. The van der Waals surface area contributed by atoms with Crippen LogP contribution in [0, 0.1) is 22.9 Å². The van der Waals surface area contributed by atoms with Gasteiger partial charge in [0.2, 0.25) is 5.76 Å². The van der Waals surface area contributed by atoms with Crippen molar-refractivity contribution in [3.63, 3.8) is 0 Å². The first-order valence-corrected chi connectivity index (χ1v) is 6.02. The lowest BCUT2D eigenvalue weighted by Crippen LogP contribution is -1.90. The van der Waals surface area contributed by atoms with Crippen LogP contribution in [0.15, 0.2) is 27.2 Å². The highest BCUT2D eigenvalue weighted by atomic mass is 79.9. The van der Waals surface area contributed by atoms with Crippen molar-refractivity contribution in [2.45, 2.75) is 6.92 Å². The second-order valence-corrected chi connectivity index (χ2v) is 4.60. The zero-order valence-corrected chi connectivity index (χ0v) is 11.3. The van der Waals surface area contributed by atoms with Crippen LogP contribution in [0.4, 0.5) is 10.1 Å². The predicted octanol–water partition coefficient (Wildman–Crippen LogP) is 3.96. The summed E-state index contributed by atoms with van der Waals surface area (Å²) in [6.07, 6.45) is 3.01. The number of nitro groups is 1. The minimum Gasteiger partial charge on any atom is -0.349 e. The SMILES string of the molecule is Cc1noc(C=Cc2ccc(F)c(Br)c2)c1[N+](=O)[O-]. The molecule has 1 heterocycles. The van der Waals surface area contributed by atoms with E-state index in [0.29, 0.717) is 10.0 Å². The van der Waals surface area contributed by atoms with E-state index in [4.69, 9.17) is 4.52 Å². The number of benzene rings is 1. The van der Waals surface area contributed by atoms with Crippen molar-refractivity contribution in [3.05, 3.63) is 55.6 Å². The first-order chi connectivity index (χ1) is 8.99. The molecule has 5 nitrogen and oxygen atoms in total. The molecule has 0 fully saturated rings. The Bertz CT molecular complexity index is 667. The number of aromatic nitrogens is 1. The van der Waals surface area contributed by atoms with Crippen LogP contribution in [0.3, 0.4) is 0 Å². The Morgan fingerprint density at radius 2 is 2.21 bits per heavy atom. The quantitative estimate of drug-likeness (QED) is 0.632. The van der Waals surface area contributed by atoms with E-state index in [0.717, 1.165) is 0 Å². The molecule has 1 aromatic carbocycles. The van der Waals surface area contributed by atoms with Gasteiger partial charge >= 0.3 is 5.69 Å². The van der Waals surface area contributed by atoms with Crippen molar-refractivity contribution in [2.75, 3.05) is 0 Å². The van der Waals surface area contributed by atoms with E-state index in [2.05, 4.69) is 21.1 Å². The summed E-state index contributed by atoms with van der Waals surface area (Å²) >= 11 is 3.06. The van der Waals surface area contributed by atoms with Gasteiger partial charge in [-0.3, -0.25) is 10.1 Å². The Labute approximate surface area is 116 Å². The highest BCUT2D eigenvalue weighted by Gasteiger charge is 2.21. The summed E-state index contributed by atoms with van der Waals surface area (Å²) in [4.78, 5) is 10.3. The maximum Gasteiger partial charge on any atom is 0.338 e. The largest absolute Gasteiger partial charge is 0.349 e. The normalized spacial score (nSPS) is 11.1. The van der Waals surface area contributed by atoms with E-state index >= 15 is 0 Å². The van der Waals surface area contributed by atoms with E-state index in [9.17, 15) is 14.5 Å². The molecule has 0 N–H and O–H groups in total. The maximum absolute atomic E-state index is 13.0. The molecule has 0 spiro atoms. The van der Waals surface area contributed by atoms with Gasteiger partial charge in [-0.05, 0) is 46.6 Å². The first kappa shape index (κ1) is 13.4. The molecule has 0 amide bonds. The van der Waals surface area contributed by atoms with Crippen LogP contribution in [0.1, 0.15) is 17.0 Å². The maximum atomic E-state index is 13.0. The van der Waals surface area contributed by atoms with Gasteiger partial charge in [-0.15, -0.1) is 0 Å². The van der Waals surface area contributed by atoms with Crippen LogP contribution < -0.4 is 0 Å². The average molecular weight is 327 g/mol. The summed E-state index contributed by atoms with van der Waals surface area (Å²) in [6.45, 7) is 1.49. The van der Waals surface area contributed by atoms with Crippen LogP contribution in [-0.4, -0.2) is 10.1 Å². The lowest BCUT2D eigenvalue weighted by atomic mass is 10.2. The molecule has 0 aliphatic carbocycles. The molecule has 0 saturated carbocycles. The van der Waals surface area contributed by atoms with Gasteiger partial charge in [-0.25, -0.2) is 4.39 Å². The Kier molecular flexibility index (Phi) is 3.75. The summed E-state index contributed by atoms with van der Waals surface area (Å²) in [5.41, 5.74) is 0.721. The fourth-order valence-electron chi connectivity index (χ4n) is 1.50. The standard InChI is InChI=1S/C12H8BrFN2O3/c1-7-12(16(17)18)11(19-15-7)5-3-8-2-4-10(14)9(13)6-8/h2-6H,1H3. The van der Waals surface area contributed by atoms with Crippen LogP contribution in [0.25, 0.3) is 12.2 Å². The second-order valence-electron chi connectivity index (χ2n) is 3.74. The van der Waals surface area contributed by atoms with Crippen molar-refractivity contribution >= 4 is 33.8 Å². The smallest absolute Gasteiger partial charge is 0.338 e. The minimum absolute atomic E-state index is 0.0583. The van der Waals surface area contributed by atoms with Crippen molar-refractivity contribution in [2.24, 2.45) is 0 Å². The van der Waals surface area contributed by atoms with Gasteiger partial charge in [0.05, 0.1) is 9.40 Å². The molecule has 0 aliphatic heterocycles. The van der Waals surface area contributed by atoms with Gasteiger partial charge in [0.25, 0.3) is 0 Å². The van der Waals surface area contributed by atoms with Crippen molar-refractivity contribution in [3.8, 4) is 0 Å². The number of nitrogens with zero attached hydrogens (tertiary/aromatic N) is 2. The van der Waals surface area contributed by atoms with Crippen molar-refractivity contribution in [1.82, 2.24) is 5.16 Å². The number of hydrogen-bond donors (Lipinski definition) is 0. The van der Waals surface area contributed by atoms with Gasteiger partial charge < -0.3 is 4.52 Å². The molecule has 98 valence electrons. The number of halogens is 2. The van der Waals surface area contributed by atoms with E-state index in [1.165, 1.54) is 19.1 Å². The van der Waals surface area contributed by atoms with Crippen molar-refractivity contribution in [1.29, 1.82) is 0 Å². The Balaban J connectivity index is 2.32. The molecule has 0 aliphatic rings. The van der Waals surface area contributed by atoms with E-state index in [1.807, 2.05) is 0 Å². The summed E-state index contributed by atoms with van der Waals surface area (Å²) in [6, 6.07) is 4.40. The fourth-order valence-corrected chi connectivity index (χ4v) is 1.90. The molecule has 0 bridgehead atoms. The Morgan fingerprint density at radius 3 is 2.84 bits per heavy atom.